The fourth-order valence-electron chi connectivity index (χ4n) is 3.36. The molecule has 0 bridgehead atoms. The number of carbonyl (C=O) groups is 1. The number of nitrogens with zero attached hydrogens (tertiary/aromatic N) is 1. The minimum absolute atomic E-state index is 0.107. The molecule has 4 rings (SSSR count). The number of fused-ring (bicyclic) bond motifs is 1. The largest absolute Gasteiger partial charge is 0.380 e. The van der Waals surface area contributed by atoms with E-state index < -0.39 is 11.7 Å². The summed E-state index contributed by atoms with van der Waals surface area (Å²) in [5.41, 5.74) is 1.51. The Morgan fingerprint density at radius 1 is 1.16 bits per heavy atom. The number of halogens is 2. The van der Waals surface area contributed by atoms with Crippen LogP contribution in [0.2, 0.25) is 5.02 Å². The molecule has 0 unspecified atom stereocenters. The van der Waals surface area contributed by atoms with E-state index in [4.69, 9.17) is 16.3 Å². The quantitative estimate of drug-likeness (QED) is 0.428. The van der Waals surface area contributed by atoms with Gasteiger partial charge in [-0.1, -0.05) is 35.9 Å². The first kappa shape index (κ1) is 21.2. The summed E-state index contributed by atoms with van der Waals surface area (Å²) in [4.78, 5) is 25.7. The summed E-state index contributed by atoms with van der Waals surface area (Å²) >= 11 is 7.40. The number of thiophene rings is 1. The monoisotopic (exact) mass is 456 g/mol. The molecule has 0 fully saturated rings. The Hall–Kier alpha value is -3.00. The van der Waals surface area contributed by atoms with Gasteiger partial charge in [-0.15, -0.1) is 11.3 Å². The summed E-state index contributed by atoms with van der Waals surface area (Å²) in [6.45, 7) is 0.376. The lowest BCUT2D eigenvalue weighted by Gasteiger charge is -2.11. The highest BCUT2D eigenvalue weighted by Crippen LogP contribution is 2.34. The molecular weight excluding hydrogens is 439 g/mol. The number of methoxy groups -OCH3 is 1. The van der Waals surface area contributed by atoms with E-state index in [1.165, 1.54) is 41.2 Å². The van der Waals surface area contributed by atoms with E-state index in [0.717, 1.165) is 5.56 Å². The third kappa shape index (κ3) is 4.39. The van der Waals surface area contributed by atoms with Crippen LogP contribution in [-0.4, -0.2) is 17.6 Å². The van der Waals surface area contributed by atoms with Crippen LogP contribution < -0.4 is 10.9 Å². The summed E-state index contributed by atoms with van der Waals surface area (Å²) in [7, 11) is 1.50. The van der Waals surface area contributed by atoms with Gasteiger partial charge in [0, 0.05) is 40.0 Å². The summed E-state index contributed by atoms with van der Waals surface area (Å²) in [5, 5.41) is 3.75. The first-order valence-electron chi connectivity index (χ1n) is 9.42. The number of amides is 1. The van der Waals surface area contributed by atoms with Crippen LogP contribution in [0.4, 0.5) is 10.1 Å². The number of carbonyl (C=O) groups excluding carboxylic acids is 1. The normalized spacial score (nSPS) is 11.1. The molecule has 5 nitrogen and oxygen atoms in total. The molecule has 0 radical (unpaired) electrons. The van der Waals surface area contributed by atoms with Gasteiger partial charge in [0.05, 0.1) is 23.7 Å². The lowest BCUT2D eigenvalue weighted by molar-refractivity contribution is 0.102. The molecule has 0 atom stereocenters. The van der Waals surface area contributed by atoms with Crippen molar-refractivity contribution < 1.29 is 13.9 Å². The fourth-order valence-corrected chi connectivity index (χ4v) is 4.67. The smallest absolute Gasteiger partial charge is 0.266 e. The molecule has 0 aliphatic heterocycles. The molecule has 2 aromatic heterocycles. The van der Waals surface area contributed by atoms with Crippen molar-refractivity contribution in [3.8, 4) is 0 Å². The second-order valence-electron chi connectivity index (χ2n) is 6.89. The van der Waals surface area contributed by atoms with Crippen LogP contribution in [0, 0.1) is 5.82 Å². The minimum Gasteiger partial charge on any atom is -0.380 e. The van der Waals surface area contributed by atoms with Crippen LogP contribution in [0.25, 0.3) is 10.1 Å². The van der Waals surface area contributed by atoms with Crippen LogP contribution >= 0.6 is 22.9 Å². The lowest BCUT2D eigenvalue weighted by atomic mass is 10.1. The molecule has 0 aliphatic rings. The number of rotatable bonds is 6. The van der Waals surface area contributed by atoms with Crippen molar-refractivity contribution in [1.29, 1.82) is 0 Å². The first-order valence-corrected chi connectivity index (χ1v) is 10.6. The Bertz CT molecular complexity index is 1330. The van der Waals surface area contributed by atoms with E-state index >= 15 is 0 Å². The van der Waals surface area contributed by atoms with Crippen molar-refractivity contribution in [2.75, 3.05) is 12.4 Å². The fraction of sp³-hybridized carbons (Fsp3) is 0.130. The second-order valence-corrected chi connectivity index (χ2v) is 8.34. The molecule has 2 heterocycles. The van der Waals surface area contributed by atoms with Crippen molar-refractivity contribution in [3.63, 3.8) is 0 Å². The zero-order valence-corrected chi connectivity index (χ0v) is 18.1. The third-order valence-corrected chi connectivity index (χ3v) is 6.36. The number of anilines is 1. The molecule has 0 saturated carbocycles. The van der Waals surface area contributed by atoms with Crippen LogP contribution in [0.3, 0.4) is 0 Å². The number of aromatic nitrogens is 1. The predicted octanol–water partition coefficient (Wildman–Crippen LogP) is 5.30. The third-order valence-electron chi connectivity index (χ3n) is 4.80. The van der Waals surface area contributed by atoms with Gasteiger partial charge < -0.3 is 14.6 Å². The summed E-state index contributed by atoms with van der Waals surface area (Å²) < 4.78 is 21.7. The average Bonchev–Trinajstić information content (AvgIpc) is 3.12. The van der Waals surface area contributed by atoms with Gasteiger partial charge in [0.25, 0.3) is 11.5 Å². The highest BCUT2D eigenvalue weighted by Gasteiger charge is 2.21. The molecule has 1 N–H and O–H groups in total. The number of benzene rings is 2. The first-order chi connectivity index (χ1) is 15.0. The van der Waals surface area contributed by atoms with Gasteiger partial charge in [-0.25, -0.2) is 4.39 Å². The van der Waals surface area contributed by atoms with Gasteiger partial charge in [0.1, 0.15) is 5.82 Å². The number of pyridine rings is 1. The molecule has 4 aromatic rings. The zero-order chi connectivity index (χ0) is 22.0. The molecule has 8 heteroatoms. The lowest BCUT2D eigenvalue weighted by Crippen LogP contribution is -2.21. The molecule has 2 aromatic carbocycles. The molecule has 0 spiro atoms. The Morgan fingerprint density at radius 2 is 1.97 bits per heavy atom. The SMILES string of the molecule is COCc1c(C(=O)Nc2ccc(=O)n(Cc3ccccc3Cl)c2)sc2cccc(F)c12. The van der Waals surface area contributed by atoms with Gasteiger partial charge in [-0.3, -0.25) is 9.59 Å². The van der Waals surface area contributed by atoms with E-state index in [1.54, 1.807) is 24.4 Å². The van der Waals surface area contributed by atoms with Gasteiger partial charge in [-0.2, -0.15) is 0 Å². The minimum atomic E-state index is -0.395. The second kappa shape index (κ2) is 9.01. The molecule has 31 heavy (non-hydrogen) atoms. The van der Waals surface area contributed by atoms with E-state index in [9.17, 15) is 14.0 Å². The van der Waals surface area contributed by atoms with E-state index in [0.29, 0.717) is 31.2 Å². The molecule has 1 amide bonds. The maximum Gasteiger partial charge on any atom is 0.266 e. The number of ether oxygens (including phenoxy) is 1. The average molecular weight is 457 g/mol. The molecule has 158 valence electrons. The topological polar surface area (TPSA) is 60.3 Å². The maximum atomic E-state index is 14.4. The zero-order valence-electron chi connectivity index (χ0n) is 16.5. The van der Waals surface area contributed by atoms with Crippen molar-refractivity contribution in [2.45, 2.75) is 13.2 Å². The van der Waals surface area contributed by atoms with Crippen LogP contribution in [-0.2, 0) is 17.9 Å². The van der Waals surface area contributed by atoms with Gasteiger partial charge >= 0.3 is 0 Å². The van der Waals surface area contributed by atoms with Crippen LogP contribution in [0.15, 0.2) is 65.6 Å². The van der Waals surface area contributed by atoms with Crippen LogP contribution in [0.5, 0.6) is 0 Å². The Morgan fingerprint density at radius 3 is 2.74 bits per heavy atom. The summed E-state index contributed by atoms with van der Waals surface area (Å²) in [6, 6.07) is 14.9. The Kier molecular flexibility index (Phi) is 6.18. The van der Waals surface area contributed by atoms with E-state index in [2.05, 4.69) is 5.32 Å². The number of nitrogens with one attached hydrogen (secondary N) is 1. The molecular formula is C23H18ClFN2O3S. The predicted molar refractivity (Wildman–Crippen MR) is 122 cm³/mol. The number of hydrogen-bond donors (Lipinski definition) is 1. The highest BCUT2D eigenvalue weighted by atomic mass is 35.5. The van der Waals surface area contributed by atoms with Crippen molar-refractivity contribution >= 4 is 44.6 Å². The maximum absolute atomic E-state index is 14.4. The van der Waals surface area contributed by atoms with E-state index in [-0.39, 0.29) is 18.7 Å². The highest BCUT2D eigenvalue weighted by molar-refractivity contribution is 7.21. The standard InChI is InChI=1S/C23H18ClFN2O3S/c1-30-13-16-21-18(25)7-4-8-19(21)31-22(16)23(29)26-15-9-10-20(28)27(12-15)11-14-5-2-3-6-17(14)24/h2-10,12H,11,13H2,1H3,(H,26,29). The van der Waals surface area contributed by atoms with Gasteiger partial charge in [-0.05, 0) is 29.8 Å². The van der Waals surface area contributed by atoms with Crippen LogP contribution in [0.1, 0.15) is 20.8 Å². The van der Waals surface area contributed by atoms with Gasteiger partial charge in [0.2, 0.25) is 0 Å². The summed E-state index contributed by atoms with van der Waals surface area (Å²) in [6.07, 6.45) is 1.56. The van der Waals surface area contributed by atoms with Crippen molar-refractivity contribution in [3.05, 3.63) is 98.0 Å². The Labute approximate surface area is 186 Å². The summed E-state index contributed by atoms with van der Waals surface area (Å²) in [5.74, 6) is -0.788. The molecule has 0 aliphatic carbocycles. The Balaban J connectivity index is 1.65. The van der Waals surface area contributed by atoms with Crippen molar-refractivity contribution in [1.82, 2.24) is 4.57 Å². The van der Waals surface area contributed by atoms with Gasteiger partial charge in [0.15, 0.2) is 0 Å². The van der Waals surface area contributed by atoms with E-state index in [1.807, 2.05) is 18.2 Å². The molecule has 0 saturated heterocycles. The van der Waals surface area contributed by atoms with Crippen molar-refractivity contribution in [2.24, 2.45) is 0 Å². The number of hydrogen-bond acceptors (Lipinski definition) is 4.